The number of nitrogens with one attached hydrogen (secondary N) is 1. The second-order valence-electron chi connectivity index (χ2n) is 5.60. The van der Waals surface area contributed by atoms with Crippen molar-refractivity contribution in [3.8, 4) is 0 Å². The van der Waals surface area contributed by atoms with Crippen molar-refractivity contribution < 1.29 is 0 Å². The summed E-state index contributed by atoms with van der Waals surface area (Å²) in [5.41, 5.74) is 2.62. The Morgan fingerprint density at radius 1 is 1.21 bits per heavy atom. The molecule has 106 valence electrons. The summed E-state index contributed by atoms with van der Waals surface area (Å²) in [7, 11) is 2.18. The fourth-order valence-corrected chi connectivity index (χ4v) is 2.56. The maximum Gasteiger partial charge on any atom is 0.0413 e. The molecule has 1 aromatic carbocycles. The van der Waals surface area contributed by atoms with Crippen LogP contribution in [0.25, 0.3) is 0 Å². The quantitative estimate of drug-likeness (QED) is 0.915. The van der Waals surface area contributed by atoms with Gasteiger partial charge in [0, 0.05) is 49.5 Å². The standard InChI is InChI=1S/C15H24ClN3/c1-12(2)17-11-13-10-14(16)4-5-15(13)19-8-6-18(3)7-9-19/h4-5,10,12,17H,6-9,11H2,1-3H3. The highest BCUT2D eigenvalue weighted by Gasteiger charge is 2.17. The summed E-state index contributed by atoms with van der Waals surface area (Å²) in [6.45, 7) is 9.64. The maximum absolute atomic E-state index is 6.14. The highest BCUT2D eigenvalue weighted by molar-refractivity contribution is 6.30. The molecule has 0 atom stereocenters. The number of hydrogen-bond donors (Lipinski definition) is 1. The van der Waals surface area contributed by atoms with E-state index in [1.807, 2.05) is 6.07 Å². The summed E-state index contributed by atoms with van der Waals surface area (Å²) in [5.74, 6) is 0. The molecule has 4 heteroatoms. The highest BCUT2D eigenvalue weighted by Crippen LogP contribution is 2.25. The Bertz CT molecular complexity index is 412. The van der Waals surface area contributed by atoms with E-state index in [4.69, 9.17) is 11.6 Å². The Kier molecular flexibility index (Phi) is 5.08. The fraction of sp³-hybridized carbons (Fsp3) is 0.600. The van der Waals surface area contributed by atoms with Crippen molar-refractivity contribution in [1.29, 1.82) is 0 Å². The van der Waals surface area contributed by atoms with Crippen LogP contribution in [0, 0.1) is 0 Å². The first-order valence-electron chi connectivity index (χ1n) is 7.01. The molecule has 0 spiro atoms. The molecule has 0 aliphatic carbocycles. The van der Waals surface area contributed by atoms with Gasteiger partial charge >= 0.3 is 0 Å². The topological polar surface area (TPSA) is 18.5 Å². The van der Waals surface area contributed by atoms with Gasteiger partial charge in [-0.3, -0.25) is 0 Å². The van der Waals surface area contributed by atoms with Gasteiger partial charge in [-0.05, 0) is 30.8 Å². The van der Waals surface area contributed by atoms with Crippen LogP contribution in [0.15, 0.2) is 18.2 Å². The van der Waals surface area contributed by atoms with Gasteiger partial charge in [0.25, 0.3) is 0 Å². The molecule has 0 saturated carbocycles. The summed E-state index contributed by atoms with van der Waals surface area (Å²) >= 11 is 6.14. The molecule has 1 N–H and O–H groups in total. The lowest BCUT2D eigenvalue weighted by Gasteiger charge is -2.35. The number of rotatable bonds is 4. The van der Waals surface area contributed by atoms with E-state index in [9.17, 15) is 0 Å². The summed E-state index contributed by atoms with van der Waals surface area (Å²) in [6, 6.07) is 6.73. The van der Waals surface area contributed by atoms with Gasteiger partial charge in [-0.1, -0.05) is 25.4 Å². The molecule has 1 heterocycles. The average Bonchev–Trinajstić information content (AvgIpc) is 2.38. The molecule has 1 aliphatic heterocycles. The van der Waals surface area contributed by atoms with Crippen molar-refractivity contribution in [1.82, 2.24) is 10.2 Å². The van der Waals surface area contributed by atoms with Crippen LogP contribution < -0.4 is 10.2 Å². The molecule has 1 saturated heterocycles. The van der Waals surface area contributed by atoms with Crippen molar-refractivity contribution in [3.05, 3.63) is 28.8 Å². The van der Waals surface area contributed by atoms with E-state index in [1.165, 1.54) is 11.3 Å². The third kappa shape index (κ3) is 4.10. The Morgan fingerprint density at radius 3 is 2.53 bits per heavy atom. The van der Waals surface area contributed by atoms with E-state index < -0.39 is 0 Å². The lowest BCUT2D eigenvalue weighted by Crippen LogP contribution is -2.45. The zero-order valence-corrected chi connectivity index (χ0v) is 12.9. The molecule has 0 amide bonds. The van der Waals surface area contributed by atoms with E-state index in [1.54, 1.807) is 0 Å². The Labute approximate surface area is 121 Å². The van der Waals surface area contributed by atoms with Crippen molar-refractivity contribution in [2.24, 2.45) is 0 Å². The first-order valence-corrected chi connectivity index (χ1v) is 7.39. The molecule has 0 unspecified atom stereocenters. The van der Waals surface area contributed by atoms with E-state index in [2.05, 4.69) is 48.1 Å². The van der Waals surface area contributed by atoms with E-state index >= 15 is 0 Å². The second kappa shape index (κ2) is 6.60. The number of nitrogens with zero attached hydrogens (tertiary/aromatic N) is 2. The summed E-state index contributed by atoms with van der Waals surface area (Å²) in [5, 5.41) is 4.30. The van der Waals surface area contributed by atoms with Gasteiger partial charge in [-0.15, -0.1) is 0 Å². The van der Waals surface area contributed by atoms with Crippen LogP contribution in [0.1, 0.15) is 19.4 Å². The molecule has 1 aromatic rings. The van der Waals surface area contributed by atoms with Gasteiger partial charge in [0.2, 0.25) is 0 Å². The number of piperazine rings is 1. The summed E-state index contributed by atoms with van der Waals surface area (Å²) < 4.78 is 0. The van der Waals surface area contributed by atoms with Crippen LogP contribution in [0.5, 0.6) is 0 Å². The normalized spacial score (nSPS) is 17.2. The number of halogens is 1. The molecule has 19 heavy (non-hydrogen) atoms. The van der Waals surface area contributed by atoms with Crippen LogP contribution in [-0.4, -0.2) is 44.2 Å². The van der Waals surface area contributed by atoms with Crippen LogP contribution in [0.2, 0.25) is 5.02 Å². The van der Waals surface area contributed by atoms with Gasteiger partial charge in [0.05, 0.1) is 0 Å². The number of anilines is 1. The van der Waals surface area contributed by atoms with Gasteiger partial charge in [0.15, 0.2) is 0 Å². The van der Waals surface area contributed by atoms with Crippen molar-refractivity contribution in [3.63, 3.8) is 0 Å². The minimum absolute atomic E-state index is 0.485. The second-order valence-corrected chi connectivity index (χ2v) is 6.04. The number of benzene rings is 1. The average molecular weight is 282 g/mol. The van der Waals surface area contributed by atoms with Crippen molar-refractivity contribution in [2.45, 2.75) is 26.4 Å². The molecule has 2 rings (SSSR count). The highest BCUT2D eigenvalue weighted by atomic mass is 35.5. The van der Waals surface area contributed by atoms with Gasteiger partial charge in [0.1, 0.15) is 0 Å². The molecule has 3 nitrogen and oxygen atoms in total. The first kappa shape index (κ1) is 14.6. The Hall–Kier alpha value is -0.770. The largest absolute Gasteiger partial charge is 0.369 e. The zero-order valence-electron chi connectivity index (χ0n) is 12.1. The van der Waals surface area contributed by atoms with E-state index in [0.29, 0.717) is 6.04 Å². The minimum atomic E-state index is 0.485. The predicted molar refractivity (Wildman–Crippen MR) is 83.1 cm³/mol. The van der Waals surface area contributed by atoms with Crippen molar-refractivity contribution in [2.75, 3.05) is 38.1 Å². The molecule has 0 radical (unpaired) electrons. The van der Waals surface area contributed by atoms with Crippen molar-refractivity contribution >= 4 is 17.3 Å². The zero-order chi connectivity index (χ0) is 13.8. The monoisotopic (exact) mass is 281 g/mol. The fourth-order valence-electron chi connectivity index (χ4n) is 2.37. The minimum Gasteiger partial charge on any atom is -0.369 e. The van der Waals surface area contributed by atoms with Gasteiger partial charge in [-0.2, -0.15) is 0 Å². The molecular weight excluding hydrogens is 258 g/mol. The first-order chi connectivity index (χ1) is 9.06. The Morgan fingerprint density at radius 2 is 1.89 bits per heavy atom. The summed E-state index contributed by atoms with van der Waals surface area (Å²) in [6.07, 6.45) is 0. The maximum atomic E-state index is 6.14. The Balaban J connectivity index is 2.14. The third-order valence-electron chi connectivity index (χ3n) is 3.59. The molecule has 1 aliphatic rings. The number of hydrogen-bond acceptors (Lipinski definition) is 3. The SMILES string of the molecule is CC(C)NCc1cc(Cl)ccc1N1CCN(C)CC1. The van der Waals surface area contributed by atoms with Crippen LogP contribution in [0.4, 0.5) is 5.69 Å². The smallest absolute Gasteiger partial charge is 0.0413 e. The van der Waals surface area contributed by atoms with Gasteiger partial charge < -0.3 is 15.1 Å². The van der Waals surface area contributed by atoms with Crippen LogP contribution in [-0.2, 0) is 6.54 Å². The van der Waals surface area contributed by atoms with E-state index in [-0.39, 0.29) is 0 Å². The number of likely N-dealkylation sites (N-methyl/N-ethyl adjacent to an activating group) is 1. The molecule has 1 fully saturated rings. The van der Waals surface area contributed by atoms with E-state index in [0.717, 1.165) is 37.7 Å². The molecule has 0 aromatic heterocycles. The molecule has 0 bridgehead atoms. The van der Waals surface area contributed by atoms with Gasteiger partial charge in [-0.25, -0.2) is 0 Å². The van der Waals surface area contributed by atoms with Crippen LogP contribution >= 0.6 is 11.6 Å². The summed E-state index contributed by atoms with van der Waals surface area (Å²) in [4.78, 5) is 4.84. The predicted octanol–water partition coefficient (Wildman–Crippen LogP) is 2.59. The third-order valence-corrected chi connectivity index (χ3v) is 3.82. The molecular formula is C15H24ClN3. The van der Waals surface area contributed by atoms with Crippen LogP contribution in [0.3, 0.4) is 0 Å². The lowest BCUT2D eigenvalue weighted by molar-refractivity contribution is 0.312. The lowest BCUT2D eigenvalue weighted by atomic mass is 10.1.